The van der Waals surface area contributed by atoms with Crippen molar-refractivity contribution >= 4 is 17.5 Å². The van der Waals surface area contributed by atoms with Gasteiger partial charge in [-0.15, -0.1) is 0 Å². The van der Waals surface area contributed by atoms with Gasteiger partial charge in [0.25, 0.3) is 0 Å². The smallest absolute Gasteiger partial charge is 0.323 e. The normalized spacial score (nSPS) is 15.6. The molecule has 31 heavy (non-hydrogen) atoms. The van der Waals surface area contributed by atoms with Gasteiger partial charge in [-0.1, -0.05) is 0 Å². The number of ether oxygens (including phenoxy) is 1. The van der Waals surface area contributed by atoms with Crippen LogP contribution in [0.25, 0.3) is 11.3 Å². The number of anilines is 2. The Kier molecular flexibility index (Phi) is 4.78. The lowest BCUT2D eigenvalue weighted by Crippen LogP contribution is -2.32. The van der Waals surface area contributed by atoms with Gasteiger partial charge in [0.05, 0.1) is 43.4 Å². The summed E-state index contributed by atoms with van der Waals surface area (Å²) in [6.07, 6.45) is 1.96. The maximum absolute atomic E-state index is 14.1. The molecule has 5 rings (SSSR count). The first kappa shape index (κ1) is 19.4. The molecule has 0 aliphatic carbocycles. The van der Waals surface area contributed by atoms with E-state index in [4.69, 9.17) is 10.5 Å². The van der Waals surface area contributed by atoms with E-state index >= 15 is 0 Å². The summed E-state index contributed by atoms with van der Waals surface area (Å²) in [5, 5.41) is 7.25. The third kappa shape index (κ3) is 3.81. The van der Waals surface area contributed by atoms with Crippen LogP contribution in [0.5, 0.6) is 0 Å². The van der Waals surface area contributed by atoms with Crippen LogP contribution in [0.3, 0.4) is 0 Å². The van der Waals surface area contributed by atoms with E-state index in [1.807, 2.05) is 10.9 Å². The topological polar surface area (TPSA) is 98.3 Å². The number of nitrogens with zero attached hydrogens (tertiary/aromatic N) is 4. The van der Waals surface area contributed by atoms with E-state index < -0.39 is 11.6 Å². The van der Waals surface area contributed by atoms with Crippen LogP contribution in [0, 0.1) is 17.6 Å². The molecule has 0 bridgehead atoms. The van der Waals surface area contributed by atoms with Crippen molar-refractivity contribution in [3.8, 4) is 11.3 Å². The maximum atomic E-state index is 14.1. The van der Waals surface area contributed by atoms with Crippen LogP contribution in [0.1, 0.15) is 11.3 Å². The lowest BCUT2D eigenvalue weighted by atomic mass is 10.1. The number of hydrogen-bond donors (Lipinski definition) is 2. The van der Waals surface area contributed by atoms with Gasteiger partial charge < -0.3 is 15.4 Å². The van der Waals surface area contributed by atoms with E-state index in [1.54, 1.807) is 4.90 Å². The molecular formula is C21H20F2N6O2. The predicted molar refractivity (Wildman–Crippen MR) is 109 cm³/mol. The van der Waals surface area contributed by atoms with Gasteiger partial charge in [0, 0.05) is 35.9 Å². The van der Waals surface area contributed by atoms with Gasteiger partial charge in [-0.25, -0.2) is 18.6 Å². The summed E-state index contributed by atoms with van der Waals surface area (Å²) in [6.45, 7) is 3.13. The van der Waals surface area contributed by atoms with E-state index in [0.717, 1.165) is 43.1 Å². The highest BCUT2D eigenvalue weighted by Crippen LogP contribution is 2.28. The molecular weight excluding hydrogens is 406 g/mol. The SMILES string of the molecule is Nc1ccc(-c2ccc(F)cc2F)nc1NC(=O)N1Cc2cn(CC3COC3)nc2C1. The van der Waals surface area contributed by atoms with Crippen molar-refractivity contribution < 1.29 is 18.3 Å². The number of nitrogens with one attached hydrogen (secondary N) is 1. The summed E-state index contributed by atoms with van der Waals surface area (Å²) in [4.78, 5) is 18.6. The summed E-state index contributed by atoms with van der Waals surface area (Å²) >= 11 is 0. The third-order valence-electron chi connectivity index (χ3n) is 5.42. The molecule has 0 spiro atoms. The van der Waals surface area contributed by atoms with Crippen LogP contribution in [0.15, 0.2) is 36.5 Å². The summed E-state index contributed by atoms with van der Waals surface area (Å²) in [7, 11) is 0. The molecule has 3 aromatic rings. The minimum Gasteiger partial charge on any atom is -0.396 e. The highest BCUT2D eigenvalue weighted by Gasteiger charge is 2.28. The molecule has 0 radical (unpaired) electrons. The van der Waals surface area contributed by atoms with Crippen LogP contribution in [-0.2, 0) is 24.4 Å². The number of rotatable bonds is 4. The van der Waals surface area contributed by atoms with Crippen LogP contribution in [0.2, 0.25) is 0 Å². The lowest BCUT2D eigenvalue weighted by molar-refractivity contribution is -0.0409. The molecule has 160 valence electrons. The number of urea groups is 1. The third-order valence-corrected chi connectivity index (χ3v) is 5.42. The molecule has 0 saturated carbocycles. The molecule has 8 nitrogen and oxygen atoms in total. The molecule has 2 amide bonds. The standard InChI is InChI=1S/C21H20F2N6O2/c22-14-1-2-15(16(23)5-14)18-4-3-17(24)20(25-18)26-21(30)28-7-13-8-29(27-19(13)9-28)6-12-10-31-11-12/h1-5,8,12H,6-7,9-11,24H2,(H,25,26,30). The Morgan fingerprint density at radius 2 is 2.06 bits per heavy atom. The van der Waals surface area contributed by atoms with E-state index in [1.165, 1.54) is 18.2 Å². The largest absolute Gasteiger partial charge is 0.396 e. The summed E-state index contributed by atoms with van der Waals surface area (Å²) < 4.78 is 34.4. The predicted octanol–water partition coefficient (Wildman–Crippen LogP) is 3.00. The minimum atomic E-state index is -0.745. The number of hydrogen-bond acceptors (Lipinski definition) is 5. The zero-order valence-corrected chi connectivity index (χ0v) is 16.5. The average Bonchev–Trinajstić information content (AvgIpc) is 3.25. The molecule has 1 fully saturated rings. The number of halogens is 2. The Labute approximate surface area is 176 Å². The highest BCUT2D eigenvalue weighted by atomic mass is 19.1. The minimum absolute atomic E-state index is 0.115. The number of carbonyl (C=O) groups excluding carboxylic acids is 1. The number of aromatic nitrogens is 3. The Morgan fingerprint density at radius 1 is 1.23 bits per heavy atom. The van der Waals surface area contributed by atoms with Crippen LogP contribution in [-0.4, -0.2) is 38.9 Å². The van der Waals surface area contributed by atoms with E-state index in [-0.39, 0.29) is 28.8 Å². The monoisotopic (exact) mass is 426 g/mol. The van der Waals surface area contributed by atoms with Crippen molar-refractivity contribution in [3.05, 3.63) is 59.4 Å². The molecule has 2 aromatic heterocycles. The van der Waals surface area contributed by atoms with Gasteiger partial charge in [-0.2, -0.15) is 5.10 Å². The van der Waals surface area contributed by atoms with E-state index in [9.17, 15) is 13.6 Å². The number of amides is 2. The number of nitrogen functional groups attached to an aromatic ring is 1. The molecule has 2 aliphatic heterocycles. The zero-order valence-electron chi connectivity index (χ0n) is 16.5. The van der Waals surface area contributed by atoms with Crippen molar-refractivity contribution in [2.24, 2.45) is 5.92 Å². The first-order valence-corrected chi connectivity index (χ1v) is 9.87. The number of nitrogens with two attached hydrogens (primary N) is 1. The molecule has 2 aliphatic rings. The van der Waals surface area contributed by atoms with E-state index in [2.05, 4.69) is 15.4 Å². The second-order valence-corrected chi connectivity index (χ2v) is 7.77. The van der Waals surface area contributed by atoms with Crippen LogP contribution < -0.4 is 11.1 Å². The van der Waals surface area contributed by atoms with Gasteiger partial charge >= 0.3 is 6.03 Å². The number of benzene rings is 1. The molecule has 10 heteroatoms. The van der Waals surface area contributed by atoms with Gasteiger partial charge in [0.2, 0.25) is 0 Å². The van der Waals surface area contributed by atoms with Crippen molar-refractivity contribution in [1.82, 2.24) is 19.7 Å². The van der Waals surface area contributed by atoms with E-state index in [0.29, 0.717) is 19.0 Å². The Hall–Kier alpha value is -3.53. The molecule has 4 heterocycles. The van der Waals surface area contributed by atoms with Gasteiger partial charge in [-0.3, -0.25) is 10.00 Å². The molecule has 0 atom stereocenters. The zero-order chi connectivity index (χ0) is 21.5. The second kappa shape index (κ2) is 7.62. The molecule has 1 saturated heterocycles. The van der Waals surface area contributed by atoms with Crippen LogP contribution >= 0.6 is 0 Å². The van der Waals surface area contributed by atoms with Crippen molar-refractivity contribution in [2.75, 3.05) is 24.3 Å². The van der Waals surface area contributed by atoms with Crippen molar-refractivity contribution in [1.29, 1.82) is 0 Å². The Morgan fingerprint density at radius 3 is 2.77 bits per heavy atom. The molecule has 1 aromatic carbocycles. The number of pyridine rings is 1. The quantitative estimate of drug-likeness (QED) is 0.668. The Balaban J connectivity index is 1.28. The maximum Gasteiger partial charge on any atom is 0.323 e. The summed E-state index contributed by atoms with van der Waals surface area (Å²) in [5.74, 6) is -0.816. The average molecular weight is 426 g/mol. The fourth-order valence-corrected chi connectivity index (χ4v) is 3.70. The fourth-order valence-electron chi connectivity index (χ4n) is 3.70. The van der Waals surface area contributed by atoms with Crippen LogP contribution in [0.4, 0.5) is 25.1 Å². The van der Waals surface area contributed by atoms with Gasteiger partial charge in [-0.05, 0) is 24.3 Å². The van der Waals surface area contributed by atoms with Gasteiger partial charge in [0.1, 0.15) is 11.6 Å². The highest BCUT2D eigenvalue weighted by molar-refractivity contribution is 5.92. The fraction of sp³-hybridized carbons (Fsp3) is 0.286. The second-order valence-electron chi connectivity index (χ2n) is 7.77. The first-order chi connectivity index (χ1) is 15.0. The molecule has 0 unspecified atom stereocenters. The Bertz CT molecular complexity index is 1140. The summed E-state index contributed by atoms with van der Waals surface area (Å²) in [6, 6.07) is 5.88. The summed E-state index contributed by atoms with van der Waals surface area (Å²) in [5.41, 5.74) is 8.40. The number of carbonyl (C=O) groups is 1. The lowest BCUT2D eigenvalue weighted by Gasteiger charge is -2.25. The molecule has 3 N–H and O–H groups in total. The van der Waals surface area contributed by atoms with Crippen molar-refractivity contribution in [2.45, 2.75) is 19.6 Å². The number of fused-ring (bicyclic) bond motifs is 1. The van der Waals surface area contributed by atoms with Gasteiger partial charge in [0.15, 0.2) is 5.82 Å². The first-order valence-electron chi connectivity index (χ1n) is 9.87. The van der Waals surface area contributed by atoms with Crippen molar-refractivity contribution in [3.63, 3.8) is 0 Å².